The van der Waals surface area contributed by atoms with E-state index >= 15 is 4.39 Å². The van der Waals surface area contributed by atoms with E-state index in [9.17, 15) is 4.79 Å². The van der Waals surface area contributed by atoms with Gasteiger partial charge in [0.25, 0.3) is 5.91 Å². The van der Waals surface area contributed by atoms with Crippen molar-refractivity contribution in [1.29, 1.82) is 0 Å². The Bertz CT molecular complexity index is 1270. The molecule has 1 aliphatic rings. The highest BCUT2D eigenvalue weighted by Crippen LogP contribution is 2.27. The van der Waals surface area contributed by atoms with E-state index in [-0.39, 0.29) is 11.5 Å². The molecule has 0 saturated carbocycles. The summed E-state index contributed by atoms with van der Waals surface area (Å²) < 4.78 is 20.4. The lowest BCUT2D eigenvalue weighted by molar-refractivity contribution is 0.0300. The molecule has 0 atom stereocenters. The van der Waals surface area contributed by atoms with Gasteiger partial charge < -0.3 is 15.4 Å². The number of nitrogens with zero attached hydrogens (tertiary/aromatic N) is 3. The summed E-state index contributed by atoms with van der Waals surface area (Å²) in [5.74, 6) is 6.03. The molecule has 1 fully saturated rings. The van der Waals surface area contributed by atoms with Gasteiger partial charge in [-0.25, -0.2) is 9.37 Å². The van der Waals surface area contributed by atoms with Crippen LogP contribution in [0.3, 0.4) is 0 Å². The number of hydrogen-bond donors (Lipinski definition) is 1. The molecular weight excluding hydrogens is 431 g/mol. The number of nitrogens with two attached hydrogens (primary N) is 1. The molecular formula is C27H27FN4O2. The van der Waals surface area contributed by atoms with Gasteiger partial charge >= 0.3 is 0 Å². The molecule has 7 heteroatoms. The molecule has 34 heavy (non-hydrogen) atoms. The maximum absolute atomic E-state index is 15.1. The number of ether oxygens (including phenoxy) is 1. The number of halogens is 1. The van der Waals surface area contributed by atoms with Gasteiger partial charge in [-0.2, -0.15) is 0 Å². The average Bonchev–Trinajstić information content (AvgIpc) is 2.87. The second-order valence-corrected chi connectivity index (χ2v) is 7.97. The number of amides is 1. The van der Waals surface area contributed by atoms with Crippen molar-refractivity contribution in [2.45, 2.75) is 26.7 Å². The lowest BCUT2D eigenvalue weighted by Gasteiger charge is -2.27. The summed E-state index contributed by atoms with van der Waals surface area (Å²) in [7, 11) is 0. The number of carbonyl (C=O) groups is 1. The van der Waals surface area contributed by atoms with Crippen LogP contribution in [0.4, 0.5) is 10.2 Å². The van der Waals surface area contributed by atoms with E-state index in [1.807, 2.05) is 26.0 Å². The number of hydrogen-bond acceptors (Lipinski definition) is 5. The monoisotopic (exact) mass is 458 g/mol. The van der Waals surface area contributed by atoms with Crippen molar-refractivity contribution < 1.29 is 13.9 Å². The minimum atomic E-state index is -0.557. The Morgan fingerprint density at radius 2 is 1.85 bits per heavy atom. The van der Waals surface area contributed by atoms with E-state index in [1.165, 1.54) is 6.07 Å². The number of pyridine rings is 2. The maximum Gasteiger partial charge on any atom is 0.256 e. The molecule has 0 spiro atoms. The molecule has 2 aromatic heterocycles. The molecule has 1 aromatic carbocycles. The first kappa shape index (κ1) is 23.4. The molecule has 0 radical (unpaired) electrons. The van der Waals surface area contributed by atoms with Gasteiger partial charge in [0.1, 0.15) is 11.6 Å². The van der Waals surface area contributed by atoms with Crippen molar-refractivity contribution in [3.63, 3.8) is 0 Å². The Hall–Kier alpha value is -3.76. The zero-order chi connectivity index (χ0) is 24.1. The van der Waals surface area contributed by atoms with Crippen LogP contribution in [-0.4, -0.2) is 47.1 Å². The molecule has 3 heterocycles. The summed E-state index contributed by atoms with van der Waals surface area (Å²) >= 11 is 0. The number of benzene rings is 1. The van der Waals surface area contributed by atoms with Crippen molar-refractivity contribution in [3.05, 3.63) is 76.5 Å². The van der Waals surface area contributed by atoms with Crippen molar-refractivity contribution in [2.75, 3.05) is 32.0 Å². The fraction of sp³-hybridized carbons (Fsp3) is 0.296. The van der Waals surface area contributed by atoms with E-state index in [0.29, 0.717) is 50.5 Å². The summed E-state index contributed by atoms with van der Waals surface area (Å²) in [4.78, 5) is 23.2. The van der Waals surface area contributed by atoms with Crippen molar-refractivity contribution in [1.82, 2.24) is 14.9 Å². The summed E-state index contributed by atoms with van der Waals surface area (Å²) in [5.41, 5.74) is 10.5. The molecule has 1 aliphatic heterocycles. The van der Waals surface area contributed by atoms with E-state index in [1.54, 1.807) is 29.3 Å². The van der Waals surface area contributed by atoms with Gasteiger partial charge in [0.05, 0.1) is 35.7 Å². The number of aryl methyl sites for hydroxylation is 2. The van der Waals surface area contributed by atoms with E-state index < -0.39 is 5.82 Å². The van der Waals surface area contributed by atoms with Gasteiger partial charge in [-0.15, -0.1) is 0 Å². The highest BCUT2D eigenvalue weighted by atomic mass is 19.1. The summed E-state index contributed by atoms with van der Waals surface area (Å²) in [6.45, 7) is 5.86. The summed E-state index contributed by atoms with van der Waals surface area (Å²) in [5, 5.41) is 0. The molecule has 1 amide bonds. The number of anilines is 1. The molecule has 174 valence electrons. The summed E-state index contributed by atoms with van der Waals surface area (Å²) in [6, 6.07) is 10.1. The third-order valence-corrected chi connectivity index (χ3v) is 5.83. The first-order chi connectivity index (χ1) is 16.5. The fourth-order valence-corrected chi connectivity index (χ4v) is 3.98. The largest absolute Gasteiger partial charge is 0.384 e. The van der Waals surface area contributed by atoms with Crippen LogP contribution in [0, 0.1) is 17.7 Å². The van der Waals surface area contributed by atoms with E-state index in [2.05, 4.69) is 21.8 Å². The quantitative estimate of drug-likeness (QED) is 0.601. The first-order valence-electron chi connectivity index (χ1n) is 11.4. The molecule has 0 aliphatic carbocycles. The average molecular weight is 459 g/mol. The van der Waals surface area contributed by atoms with Crippen molar-refractivity contribution >= 4 is 11.7 Å². The van der Waals surface area contributed by atoms with Gasteiger partial charge in [0.2, 0.25) is 0 Å². The molecule has 0 unspecified atom stereocenters. The predicted octanol–water partition coefficient (Wildman–Crippen LogP) is 3.86. The lowest BCUT2D eigenvalue weighted by atomic mass is 9.96. The summed E-state index contributed by atoms with van der Waals surface area (Å²) in [6.07, 6.45) is 3.08. The number of aromatic nitrogens is 2. The van der Waals surface area contributed by atoms with Crippen LogP contribution in [0.5, 0.6) is 0 Å². The SMILES string of the molecule is CCc1nc(N)ccc1C#Cc1c(-c2ccc(C(=O)N3CCOCC3)c(F)c2)ccnc1CC. The smallest absolute Gasteiger partial charge is 0.256 e. The minimum absolute atomic E-state index is 0.0589. The second kappa shape index (κ2) is 10.4. The van der Waals surface area contributed by atoms with Crippen LogP contribution < -0.4 is 5.73 Å². The Labute approximate surface area is 199 Å². The molecule has 6 nitrogen and oxygen atoms in total. The normalized spacial score (nSPS) is 13.3. The highest BCUT2D eigenvalue weighted by molar-refractivity contribution is 5.95. The molecule has 2 N–H and O–H groups in total. The third kappa shape index (κ3) is 4.92. The van der Waals surface area contributed by atoms with Gasteiger partial charge in [-0.3, -0.25) is 9.78 Å². The van der Waals surface area contributed by atoms with Crippen LogP contribution in [0.1, 0.15) is 46.7 Å². The third-order valence-electron chi connectivity index (χ3n) is 5.83. The first-order valence-corrected chi connectivity index (χ1v) is 11.4. The van der Waals surface area contributed by atoms with Crippen molar-refractivity contribution in [2.24, 2.45) is 0 Å². The van der Waals surface area contributed by atoms with E-state index in [4.69, 9.17) is 10.5 Å². The zero-order valence-corrected chi connectivity index (χ0v) is 19.4. The molecule has 4 rings (SSSR count). The van der Waals surface area contributed by atoms with Gasteiger partial charge in [-0.05, 0) is 48.7 Å². The Morgan fingerprint density at radius 3 is 2.56 bits per heavy atom. The predicted molar refractivity (Wildman–Crippen MR) is 130 cm³/mol. The Morgan fingerprint density at radius 1 is 1.09 bits per heavy atom. The zero-order valence-electron chi connectivity index (χ0n) is 19.4. The van der Waals surface area contributed by atoms with Crippen molar-refractivity contribution in [3.8, 4) is 23.0 Å². The maximum atomic E-state index is 15.1. The topological polar surface area (TPSA) is 81.3 Å². The standard InChI is InChI=1S/C27H27FN4O2/c1-3-24-18(7-10-26(29)31-24)5-8-21-20(11-12-30-25(21)4-2)19-6-9-22(23(28)17-19)27(33)32-13-15-34-16-14-32/h6-7,9-12,17H,3-4,13-16H2,1-2H3,(H2,29,31). The van der Waals surface area contributed by atoms with Crippen LogP contribution in [0.25, 0.3) is 11.1 Å². The van der Waals surface area contributed by atoms with Gasteiger partial charge in [0, 0.05) is 30.4 Å². The Kier molecular flexibility index (Phi) is 7.19. The van der Waals surface area contributed by atoms with Crippen LogP contribution in [0.15, 0.2) is 42.6 Å². The number of morpholine rings is 1. The Balaban J connectivity index is 1.72. The van der Waals surface area contributed by atoms with Gasteiger partial charge in [-0.1, -0.05) is 31.8 Å². The van der Waals surface area contributed by atoms with Crippen LogP contribution >= 0.6 is 0 Å². The van der Waals surface area contributed by atoms with Crippen LogP contribution in [-0.2, 0) is 17.6 Å². The second-order valence-electron chi connectivity index (χ2n) is 7.97. The van der Waals surface area contributed by atoms with E-state index in [0.717, 1.165) is 28.1 Å². The molecule has 0 bridgehead atoms. The molecule has 1 saturated heterocycles. The van der Waals surface area contributed by atoms with Crippen LogP contribution in [0.2, 0.25) is 0 Å². The minimum Gasteiger partial charge on any atom is -0.384 e. The lowest BCUT2D eigenvalue weighted by Crippen LogP contribution is -2.41. The molecule has 3 aromatic rings. The van der Waals surface area contributed by atoms with Gasteiger partial charge in [0.15, 0.2) is 0 Å². The number of rotatable bonds is 4. The highest BCUT2D eigenvalue weighted by Gasteiger charge is 2.22. The number of carbonyl (C=O) groups excluding carboxylic acids is 1. The fourth-order valence-electron chi connectivity index (χ4n) is 3.98. The number of nitrogen functional groups attached to an aromatic ring is 1.